The SMILES string of the molecule is CC(C)NC(=O)N1CCCC1C(=O)O. The maximum absolute atomic E-state index is 11.5. The number of hydrogen-bond donors (Lipinski definition) is 2. The number of nitrogens with zero attached hydrogens (tertiary/aromatic N) is 1. The average molecular weight is 200 g/mol. The van der Waals surface area contributed by atoms with Gasteiger partial charge in [0.1, 0.15) is 6.04 Å². The maximum Gasteiger partial charge on any atom is 0.326 e. The number of carbonyl (C=O) groups is 2. The first-order chi connectivity index (χ1) is 6.52. The second-order valence-electron chi connectivity index (χ2n) is 3.79. The van der Waals surface area contributed by atoms with Crippen LogP contribution >= 0.6 is 0 Å². The summed E-state index contributed by atoms with van der Waals surface area (Å²) in [5, 5.41) is 11.5. The van der Waals surface area contributed by atoms with Gasteiger partial charge in [0, 0.05) is 12.6 Å². The Morgan fingerprint density at radius 2 is 2.14 bits per heavy atom. The van der Waals surface area contributed by atoms with E-state index in [9.17, 15) is 9.59 Å². The predicted molar refractivity (Wildman–Crippen MR) is 51.0 cm³/mol. The zero-order valence-corrected chi connectivity index (χ0v) is 8.49. The fourth-order valence-electron chi connectivity index (χ4n) is 1.60. The minimum atomic E-state index is -0.915. The molecule has 1 saturated heterocycles. The molecular weight excluding hydrogens is 184 g/mol. The third-order valence-electron chi connectivity index (χ3n) is 2.21. The summed E-state index contributed by atoms with van der Waals surface area (Å²) in [7, 11) is 0. The second-order valence-corrected chi connectivity index (χ2v) is 3.79. The molecule has 1 unspecified atom stereocenters. The Balaban J connectivity index is 2.58. The quantitative estimate of drug-likeness (QED) is 0.687. The van der Waals surface area contributed by atoms with Gasteiger partial charge in [-0.2, -0.15) is 0 Å². The minimum absolute atomic E-state index is 0.0394. The van der Waals surface area contributed by atoms with E-state index in [0.717, 1.165) is 6.42 Å². The molecule has 1 rings (SSSR count). The summed E-state index contributed by atoms with van der Waals surface area (Å²) in [6.07, 6.45) is 1.32. The minimum Gasteiger partial charge on any atom is -0.480 e. The monoisotopic (exact) mass is 200 g/mol. The van der Waals surface area contributed by atoms with Gasteiger partial charge >= 0.3 is 12.0 Å². The van der Waals surface area contributed by atoms with E-state index in [1.165, 1.54) is 4.90 Å². The highest BCUT2D eigenvalue weighted by molar-refractivity contribution is 5.83. The van der Waals surface area contributed by atoms with E-state index in [-0.39, 0.29) is 12.1 Å². The number of carboxylic acid groups (broad SMARTS) is 1. The summed E-state index contributed by atoms with van der Waals surface area (Å²) >= 11 is 0. The molecule has 0 radical (unpaired) electrons. The number of carboxylic acids is 1. The Hall–Kier alpha value is -1.26. The van der Waals surface area contributed by atoms with Crippen LogP contribution in [0.25, 0.3) is 0 Å². The van der Waals surface area contributed by atoms with Crippen LogP contribution < -0.4 is 5.32 Å². The number of aliphatic carboxylic acids is 1. The first kappa shape index (κ1) is 10.8. The molecule has 14 heavy (non-hydrogen) atoms. The molecule has 0 bridgehead atoms. The van der Waals surface area contributed by atoms with Crippen molar-refractivity contribution in [3.8, 4) is 0 Å². The number of nitrogens with one attached hydrogen (secondary N) is 1. The normalized spacial score (nSPS) is 21.4. The van der Waals surface area contributed by atoms with Gasteiger partial charge in [-0.25, -0.2) is 9.59 Å². The van der Waals surface area contributed by atoms with Crippen LogP contribution in [0.3, 0.4) is 0 Å². The Morgan fingerprint density at radius 1 is 1.50 bits per heavy atom. The first-order valence-electron chi connectivity index (χ1n) is 4.82. The van der Waals surface area contributed by atoms with E-state index >= 15 is 0 Å². The molecule has 1 aliphatic heterocycles. The molecular formula is C9H16N2O3. The fraction of sp³-hybridized carbons (Fsp3) is 0.778. The molecule has 1 atom stereocenters. The average Bonchev–Trinajstić information content (AvgIpc) is 2.49. The highest BCUT2D eigenvalue weighted by atomic mass is 16.4. The van der Waals surface area contributed by atoms with Crippen LogP contribution in [0, 0.1) is 0 Å². The summed E-state index contributed by atoms with van der Waals surface area (Å²) in [4.78, 5) is 23.7. The first-order valence-corrected chi connectivity index (χ1v) is 4.82. The standard InChI is InChI=1S/C9H16N2O3/c1-6(2)10-9(14)11-5-3-4-7(11)8(12)13/h6-7H,3-5H2,1-2H3,(H,10,14)(H,12,13). The van der Waals surface area contributed by atoms with Gasteiger partial charge in [0.25, 0.3) is 0 Å². The van der Waals surface area contributed by atoms with Crippen molar-refractivity contribution in [3.63, 3.8) is 0 Å². The zero-order chi connectivity index (χ0) is 10.7. The third-order valence-corrected chi connectivity index (χ3v) is 2.21. The van der Waals surface area contributed by atoms with Gasteiger partial charge in [-0.1, -0.05) is 0 Å². The molecule has 1 heterocycles. The van der Waals surface area contributed by atoms with Crippen molar-refractivity contribution < 1.29 is 14.7 Å². The molecule has 2 N–H and O–H groups in total. The van der Waals surface area contributed by atoms with Gasteiger partial charge in [0.2, 0.25) is 0 Å². The van der Waals surface area contributed by atoms with Gasteiger partial charge in [-0.05, 0) is 26.7 Å². The third kappa shape index (κ3) is 2.37. The lowest BCUT2D eigenvalue weighted by atomic mass is 10.2. The Bertz CT molecular complexity index is 240. The zero-order valence-electron chi connectivity index (χ0n) is 8.49. The van der Waals surface area contributed by atoms with E-state index in [1.54, 1.807) is 0 Å². The van der Waals surface area contributed by atoms with Crippen LogP contribution in [0.1, 0.15) is 26.7 Å². The Kier molecular flexibility index (Phi) is 3.33. The van der Waals surface area contributed by atoms with E-state index in [1.807, 2.05) is 13.8 Å². The molecule has 5 nitrogen and oxygen atoms in total. The number of amides is 2. The van der Waals surface area contributed by atoms with Crippen molar-refractivity contribution in [2.75, 3.05) is 6.54 Å². The van der Waals surface area contributed by atoms with E-state index < -0.39 is 12.0 Å². The highest BCUT2D eigenvalue weighted by Crippen LogP contribution is 2.17. The molecule has 0 spiro atoms. The number of carbonyl (C=O) groups excluding carboxylic acids is 1. The summed E-state index contributed by atoms with van der Waals surface area (Å²) < 4.78 is 0. The smallest absolute Gasteiger partial charge is 0.326 e. The molecule has 2 amide bonds. The number of hydrogen-bond acceptors (Lipinski definition) is 2. The summed E-state index contributed by atoms with van der Waals surface area (Å²) in [5.74, 6) is -0.915. The van der Waals surface area contributed by atoms with Gasteiger partial charge in [0.15, 0.2) is 0 Å². The molecule has 1 aliphatic rings. The van der Waals surface area contributed by atoms with Crippen LogP contribution in [0.2, 0.25) is 0 Å². The Labute approximate surface area is 83.1 Å². The molecule has 0 aliphatic carbocycles. The van der Waals surface area contributed by atoms with Crippen LogP contribution in [0.15, 0.2) is 0 Å². The van der Waals surface area contributed by atoms with Crippen molar-refractivity contribution in [3.05, 3.63) is 0 Å². The molecule has 0 aromatic heterocycles. The summed E-state index contributed by atoms with van der Waals surface area (Å²) in [6.45, 7) is 4.24. The highest BCUT2D eigenvalue weighted by Gasteiger charge is 2.33. The Morgan fingerprint density at radius 3 is 2.64 bits per heavy atom. The van der Waals surface area contributed by atoms with Crippen molar-refractivity contribution >= 4 is 12.0 Å². The largest absolute Gasteiger partial charge is 0.480 e. The summed E-state index contributed by atoms with van der Waals surface area (Å²) in [5.41, 5.74) is 0. The van der Waals surface area contributed by atoms with Crippen LogP contribution in [0.5, 0.6) is 0 Å². The van der Waals surface area contributed by atoms with E-state index in [4.69, 9.17) is 5.11 Å². The molecule has 1 fully saturated rings. The number of rotatable bonds is 2. The lowest BCUT2D eigenvalue weighted by molar-refractivity contribution is -0.141. The van der Waals surface area contributed by atoms with Crippen molar-refractivity contribution in [1.82, 2.24) is 10.2 Å². The fourth-order valence-corrected chi connectivity index (χ4v) is 1.60. The van der Waals surface area contributed by atoms with Crippen LogP contribution in [-0.2, 0) is 4.79 Å². The van der Waals surface area contributed by atoms with Gasteiger partial charge in [-0.15, -0.1) is 0 Å². The topological polar surface area (TPSA) is 69.6 Å². The molecule has 0 aromatic carbocycles. The van der Waals surface area contributed by atoms with Gasteiger partial charge < -0.3 is 15.3 Å². The second kappa shape index (κ2) is 4.30. The van der Waals surface area contributed by atoms with Crippen LogP contribution in [-0.4, -0.2) is 40.6 Å². The van der Waals surface area contributed by atoms with Crippen LogP contribution in [0.4, 0.5) is 4.79 Å². The lowest BCUT2D eigenvalue weighted by Crippen LogP contribution is -2.47. The molecule has 80 valence electrons. The molecule has 0 saturated carbocycles. The van der Waals surface area contributed by atoms with Crippen molar-refractivity contribution in [2.24, 2.45) is 0 Å². The van der Waals surface area contributed by atoms with Crippen molar-refractivity contribution in [2.45, 2.75) is 38.8 Å². The van der Waals surface area contributed by atoms with E-state index in [2.05, 4.69) is 5.32 Å². The number of likely N-dealkylation sites (tertiary alicyclic amines) is 1. The summed E-state index contributed by atoms with van der Waals surface area (Å²) in [6, 6.07) is -0.879. The molecule has 5 heteroatoms. The number of urea groups is 1. The van der Waals surface area contributed by atoms with Gasteiger partial charge in [0.05, 0.1) is 0 Å². The molecule has 0 aromatic rings. The van der Waals surface area contributed by atoms with Crippen molar-refractivity contribution in [1.29, 1.82) is 0 Å². The predicted octanol–water partition coefficient (Wildman–Crippen LogP) is 0.653. The van der Waals surface area contributed by atoms with E-state index in [0.29, 0.717) is 13.0 Å². The maximum atomic E-state index is 11.5. The van der Waals surface area contributed by atoms with Gasteiger partial charge in [-0.3, -0.25) is 0 Å². The lowest BCUT2D eigenvalue weighted by Gasteiger charge is -2.23.